The van der Waals surface area contributed by atoms with Gasteiger partial charge in [0, 0.05) is 16.6 Å². The summed E-state index contributed by atoms with van der Waals surface area (Å²) in [6.45, 7) is 5.39. The second kappa shape index (κ2) is 8.75. The minimum absolute atomic E-state index is 0.332. The summed E-state index contributed by atoms with van der Waals surface area (Å²) in [5.74, 6) is 0.992. The van der Waals surface area contributed by atoms with Gasteiger partial charge >= 0.3 is 0 Å². The molecular weight excluding hydrogens is 389 g/mol. The Morgan fingerprint density at radius 1 is 1.00 bits per heavy atom. The summed E-state index contributed by atoms with van der Waals surface area (Å²) in [7, 11) is 0. The maximum Gasteiger partial charge on any atom is 0.0795 e. The molecule has 2 aliphatic rings. The molecule has 0 aromatic heterocycles. The van der Waals surface area contributed by atoms with Crippen LogP contribution in [0.5, 0.6) is 0 Å². The molecule has 1 fully saturated rings. The Morgan fingerprint density at radius 3 is 2.39 bits per heavy atom. The standard InChI is InChI=1S/C24H29Cl2NO/c1-16-4-2-5-20-19(16)9-8-17(14-23(20)28)15-27-12-10-18(11-13-27)24-21(25)6-3-7-22(24)26/h2-7,17-18,23,28H,8-15H2,1H3/t17-,23-/m0/s1. The van der Waals surface area contributed by atoms with Crippen LogP contribution in [0.4, 0.5) is 0 Å². The van der Waals surface area contributed by atoms with Gasteiger partial charge in [0.2, 0.25) is 0 Å². The number of fused-ring (bicyclic) bond motifs is 1. The van der Waals surface area contributed by atoms with Crippen LogP contribution in [0.15, 0.2) is 36.4 Å². The third kappa shape index (κ3) is 4.26. The highest BCUT2D eigenvalue weighted by Crippen LogP contribution is 2.38. The van der Waals surface area contributed by atoms with Crippen molar-refractivity contribution in [3.05, 3.63) is 68.7 Å². The third-order valence-corrected chi connectivity index (χ3v) is 7.34. The second-order valence-electron chi connectivity index (χ2n) is 8.51. The number of benzene rings is 2. The van der Waals surface area contributed by atoms with E-state index in [0.29, 0.717) is 11.8 Å². The molecule has 28 heavy (non-hydrogen) atoms. The highest BCUT2D eigenvalue weighted by Gasteiger charge is 2.28. The fraction of sp³-hybridized carbons (Fsp3) is 0.500. The lowest BCUT2D eigenvalue weighted by molar-refractivity contribution is 0.117. The summed E-state index contributed by atoms with van der Waals surface area (Å²) in [6.07, 6.45) is 4.96. The molecule has 1 saturated heterocycles. The lowest BCUT2D eigenvalue weighted by Crippen LogP contribution is -2.37. The van der Waals surface area contributed by atoms with Crippen molar-refractivity contribution in [3.63, 3.8) is 0 Å². The van der Waals surface area contributed by atoms with E-state index in [4.69, 9.17) is 23.2 Å². The molecule has 0 saturated carbocycles. The quantitative estimate of drug-likeness (QED) is 0.603. The minimum atomic E-state index is -0.332. The number of rotatable bonds is 3. The van der Waals surface area contributed by atoms with Crippen molar-refractivity contribution in [1.29, 1.82) is 0 Å². The lowest BCUT2D eigenvalue weighted by atomic mass is 9.88. The van der Waals surface area contributed by atoms with E-state index in [2.05, 4.69) is 30.0 Å². The number of aliphatic hydroxyl groups is 1. The molecule has 1 aliphatic carbocycles. The molecule has 1 heterocycles. The molecule has 4 rings (SSSR count). The van der Waals surface area contributed by atoms with Crippen molar-refractivity contribution in [3.8, 4) is 0 Å². The number of piperidine rings is 1. The van der Waals surface area contributed by atoms with Crippen molar-refractivity contribution in [2.24, 2.45) is 5.92 Å². The molecule has 0 bridgehead atoms. The van der Waals surface area contributed by atoms with E-state index in [-0.39, 0.29) is 6.10 Å². The molecular formula is C24H29Cl2NO. The summed E-state index contributed by atoms with van der Waals surface area (Å²) in [6, 6.07) is 12.1. The van der Waals surface area contributed by atoms with Gasteiger partial charge in [0.25, 0.3) is 0 Å². The molecule has 1 aliphatic heterocycles. The van der Waals surface area contributed by atoms with Gasteiger partial charge in [0.15, 0.2) is 0 Å². The maximum absolute atomic E-state index is 10.8. The fourth-order valence-electron chi connectivity index (χ4n) is 5.12. The van der Waals surface area contributed by atoms with E-state index in [1.54, 1.807) is 0 Å². The summed E-state index contributed by atoms with van der Waals surface area (Å²) < 4.78 is 0. The maximum atomic E-state index is 10.8. The normalized spacial score (nSPS) is 24.0. The fourth-order valence-corrected chi connectivity index (χ4v) is 5.83. The Bertz CT molecular complexity index is 809. The Balaban J connectivity index is 1.36. The molecule has 0 radical (unpaired) electrons. The predicted molar refractivity (Wildman–Crippen MR) is 117 cm³/mol. The average molecular weight is 418 g/mol. The van der Waals surface area contributed by atoms with Crippen LogP contribution < -0.4 is 0 Å². The zero-order valence-electron chi connectivity index (χ0n) is 16.5. The van der Waals surface area contributed by atoms with Gasteiger partial charge in [-0.15, -0.1) is 0 Å². The molecule has 2 aromatic rings. The SMILES string of the molecule is Cc1cccc2c1CC[C@H](CN1CCC(c3c(Cl)cccc3Cl)CC1)C[C@@H]2O. The monoisotopic (exact) mass is 417 g/mol. The minimum Gasteiger partial charge on any atom is -0.388 e. The first-order chi connectivity index (χ1) is 13.5. The van der Waals surface area contributed by atoms with E-state index in [1.165, 1.54) is 11.1 Å². The number of aliphatic hydroxyl groups excluding tert-OH is 1. The number of hydrogen-bond acceptors (Lipinski definition) is 2. The summed E-state index contributed by atoms with van der Waals surface area (Å²) >= 11 is 12.8. The average Bonchev–Trinajstić information content (AvgIpc) is 2.83. The number of hydrogen-bond donors (Lipinski definition) is 1. The molecule has 0 amide bonds. The van der Waals surface area contributed by atoms with Gasteiger partial charge in [-0.25, -0.2) is 0 Å². The highest BCUT2D eigenvalue weighted by molar-refractivity contribution is 6.36. The summed E-state index contributed by atoms with van der Waals surface area (Å²) in [4.78, 5) is 2.57. The van der Waals surface area contributed by atoms with Gasteiger partial charge in [-0.2, -0.15) is 0 Å². The van der Waals surface area contributed by atoms with Crippen molar-refractivity contribution in [1.82, 2.24) is 4.90 Å². The first-order valence-electron chi connectivity index (χ1n) is 10.5. The first kappa shape index (κ1) is 20.2. The zero-order valence-corrected chi connectivity index (χ0v) is 18.0. The first-order valence-corrected chi connectivity index (χ1v) is 11.2. The lowest BCUT2D eigenvalue weighted by Gasteiger charge is -2.35. The smallest absolute Gasteiger partial charge is 0.0795 e. The van der Waals surface area contributed by atoms with Crippen LogP contribution in [-0.4, -0.2) is 29.6 Å². The van der Waals surface area contributed by atoms with Crippen LogP contribution in [0.1, 0.15) is 60.0 Å². The van der Waals surface area contributed by atoms with Crippen LogP contribution >= 0.6 is 23.2 Å². The molecule has 2 nitrogen and oxygen atoms in total. The topological polar surface area (TPSA) is 23.5 Å². The Hall–Kier alpha value is -1.06. The van der Waals surface area contributed by atoms with Gasteiger partial charge in [-0.1, -0.05) is 47.5 Å². The van der Waals surface area contributed by atoms with Gasteiger partial charge < -0.3 is 10.0 Å². The van der Waals surface area contributed by atoms with E-state index in [0.717, 1.165) is 72.9 Å². The summed E-state index contributed by atoms with van der Waals surface area (Å²) in [5, 5.41) is 12.4. The van der Waals surface area contributed by atoms with Crippen LogP contribution in [0.2, 0.25) is 10.0 Å². The Kier molecular flexibility index (Phi) is 6.32. The molecule has 4 heteroatoms. The Labute approximate surface area is 178 Å². The number of halogens is 2. The number of nitrogens with zero attached hydrogens (tertiary/aromatic N) is 1. The number of likely N-dealkylation sites (tertiary alicyclic amines) is 1. The van der Waals surface area contributed by atoms with Gasteiger partial charge in [-0.3, -0.25) is 0 Å². The molecule has 0 unspecified atom stereocenters. The summed E-state index contributed by atoms with van der Waals surface area (Å²) in [5.41, 5.74) is 4.95. The second-order valence-corrected chi connectivity index (χ2v) is 9.32. The largest absolute Gasteiger partial charge is 0.388 e. The van der Waals surface area contributed by atoms with E-state index in [1.807, 2.05) is 18.2 Å². The molecule has 2 atom stereocenters. The van der Waals surface area contributed by atoms with Crippen LogP contribution in [-0.2, 0) is 6.42 Å². The molecule has 150 valence electrons. The van der Waals surface area contributed by atoms with E-state index in [9.17, 15) is 5.11 Å². The van der Waals surface area contributed by atoms with E-state index < -0.39 is 0 Å². The van der Waals surface area contributed by atoms with Crippen molar-refractivity contribution in [2.45, 2.75) is 51.0 Å². The highest BCUT2D eigenvalue weighted by atomic mass is 35.5. The number of aryl methyl sites for hydroxylation is 1. The van der Waals surface area contributed by atoms with E-state index >= 15 is 0 Å². The van der Waals surface area contributed by atoms with Crippen molar-refractivity contribution < 1.29 is 5.11 Å². The molecule has 2 aromatic carbocycles. The van der Waals surface area contributed by atoms with Crippen LogP contribution in [0.3, 0.4) is 0 Å². The van der Waals surface area contributed by atoms with Crippen LogP contribution in [0, 0.1) is 12.8 Å². The van der Waals surface area contributed by atoms with Crippen LogP contribution in [0.25, 0.3) is 0 Å². The van der Waals surface area contributed by atoms with Crippen molar-refractivity contribution in [2.75, 3.05) is 19.6 Å². The van der Waals surface area contributed by atoms with Gasteiger partial charge in [-0.05, 0) is 98.3 Å². The molecule has 1 N–H and O–H groups in total. The predicted octanol–water partition coefficient (Wildman–Crippen LogP) is 6.17. The molecule has 0 spiro atoms. The third-order valence-electron chi connectivity index (χ3n) is 6.68. The van der Waals surface area contributed by atoms with Gasteiger partial charge in [0.05, 0.1) is 6.10 Å². The Morgan fingerprint density at radius 2 is 1.68 bits per heavy atom. The van der Waals surface area contributed by atoms with Crippen molar-refractivity contribution >= 4 is 23.2 Å². The van der Waals surface area contributed by atoms with Gasteiger partial charge in [0.1, 0.15) is 0 Å². The zero-order chi connectivity index (χ0) is 19.7.